The molecule has 1 amide bonds. The number of nitrogens with one attached hydrogen (secondary N) is 1. The van der Waals surface area contributed by atoms with Gasteiger partial charge in [-0.25, -0.2) is 15.8 Å². The van der Waals surface area contributed by atoms with E-state index < -0.39 is 5.91 Å². The van der Waals surface area contributed by atoms with E-state index in [0.29, 0.717) is 47.1 Å². The second-order valence-corrected chi connectivity index (χ2v) is 9.48. The number of H-pyrrole nitrogens is 1. The number of fused-ring (bicyclic) bond motifs is 1. The number of carbonyl (C=O) groups is 1. The third-order valence-electron chi connectivity index (χ3n) is 5.95. The highest BCUT2D eigenvalue weighted by Gasteiger charge is 2.23. The van der Waals surface area contributed by atoms with Gasteiger partial charge in [-0.3, -0.25) is 19.5 Å². The van der Waals surface area contributed by atoms with Crippen molar-refractivity contribution in [1.29, 1.82) is 0 Å². The smallest absolute Gasteiger partial charge is 0.288 e. The minimum atomic E-state index is -0.499. The van der Waals surface area contributed by atoms with Crippen LogP contribution in [0.4, 0.5) is 0 Å². The number of furan rings is 1. The Balaban J connectivity index is 1.43. The fourth-order valence-electron chi connectivity index (χ4n) is 4.14. The minimum Gasteiger partial charge on any atom is -0.456 e. The van der Waals surface area contributed by atoms with Crippen LogP contribution in [-0.2, 0) is 17.8 Å². The Morgan fingerprint density at radius 3 is 2.80 bits per heavy atom. The van der Waals surface area contributed by atoms with Gasteiger partial charge in [-0.1, -0.05) is 0 Å². The van der Waals surface area contributed by atoms with Crippen molar-refractivity contribution in [2.24, 2.45) is 5.84 Å². The van der Waals surface area contributed by atoms with Crippen molar-refractivity contribution in [3.05, 3.63) is 68.3 Å². The Morgan fingerprint density at radius 1 is 1.23 bits per heavy atom. The third kappa shape index (κ3) is 4.89. The Kier molecular flexibility index (Phi) is 6.48. The van der Waals surface area contributed by atoms with Crippen molar-refractivity contribution in [1.82, 2.24) is 24.9 Å². The van der Waals surface area contributed by atoms with Crippen LogP contribution in [0, 0.1) is 13.8 Å². The second kappa shape index (κ2) is 9.70. The molecular formula is C24H26N6O4S. The Hall–Kier alpha value is -3.38. The summed E-state index contributed by atoms with van der Waals surface area (Å²) < 4.78 is 12.1. The van der Waals surface area contributed by atoms with Gasteiger partial charge in [0, 0.05) is 24.3 Å². The van der Waals surface area contributed by atoms with Crippen LogP contribution in [0.1, 0.15) is 33.1 Å². The molecule has 11 heteroatoms. The predicted octanol–water partition coefficient (Wildman–Crippen LogP) is 2.60. The number of thiophene rings is 1. The number of hydrazine groups is 1. The summed E-state index contributed by atoms with van der Waals surface area (Å²) in [6.07, 6.45) is 0. The number of hydrogen-bond donors (Lipinski definition) is 2. The first-order valence-electron chi connectivity index (χ1n) is 11.3. The van der Waals surface area contributed by atoms with Gasteiger partial charge in [0.2, 0.25) is 0 Å². The summed E-state index contributed by atoms with van der Waals surface area (Å²) in [6, 6.07) is 7.39. The molecule has 0 saturated carbocycles. The van der Waals surface area contributed by atoms with Gasteiger partial charge >= 0.3 is 0 Å². The number of hydrogen-bond acceptors (Lipinski definition) is 9. The van der Waals surface area contributed by atoms with Crippen LogP contribution in [-0.4, -0.2) is 57.1 Å². The van der Waals surface area contributed by atoms with E-state index in [4.69, 9.17) is 15.0 Å². The maximum atomic E-state index is 13.4. The molecule has 0 spiro atoms. The van der Waals surface area contributed by atoms with E-state index >= 15 is 0 Å². The maximum absolute atomic E-state index is 13.4. The fourth-order valence-corrected chi connectivity index (χ4v) is 4.95. The summed E-state index contributed by atoms with van der Waals surface area (Å²) in [5.41, 5.74) is 2.49. The molecule has 1 fully saturated rings. The third-order valence-corrected chi connectivity index (χ3v) is 6.86. The zero-order valence-corrected chi connectivity index (χ0v) is 20.4. The number of carbonyl (C=O) groups excluding carboxylic acids is 1. The summed E-state index contributed by atoms with van der Waals surface area (Å²) in [5, 5.41) is 2.87. The number of rotatable bonds is 6. The Labute approximate surface area is 205 Å². The van der Waals surface area contributed by atoms with Gasteiger partial charge in [0.25, 0.3) is 11.5 Å². The molecule has 0 radical (unpaired) electrons. The predicted molar refractivity (Wildman–Crippen MR) is 132 cm³/mol. The van der Waals surface area contributed by atoms with Gasteiger partial charge in [0.1, 0.15) is 5.76 Å². The maximum Gasteiger partial charge on any atom is 0.288 e. The van der Waals surface area contributed by atoms with E-state index in [1.54, 1.807) is 6.92 Å². The van der Waals surface area contributed by atoms with E-state index in [0.717, 1.165) is 35.1 Å². The van der Waals surface area contributed by atoms with Gasteiger partial charge < -0.3 is 14.1 Å². The van der Waals surface area contributed by atoms with Gasteiger partial charge in [-0.2, -0.15) is 0 Å². The van der Waals surface area contributed by atoms with Crippen LogP contribution >= 0.6 is 11.3 Å². The molecule has 0 unspecified atom stereocenters. The SMILES string of the molecule is Cc1cc(C)c(CN(N)C(=O)c2nc(-c3ccc(CN4CCOCC4)o3)nc3ccsc23)c(=O)[nH]1. The molecule has 0 atom stereocenters. The Bertz CT molecular complexity index is 1440. The number of nitrogens with zero attached hydrogens (tertiary/aromatic N) is 4. The molecule has 35 heavy (non-hydrogen) atoms. The number of pyridine rings is 1. The molecular weight excluding hydrogens is 468 g/mol. The summed E-state index contributed by atoms with van der Waals surface area (Å²) in [7, 11) is 0. The van der Waals surface area contributed by atoms with Gasteiger partial charge in [0.05, 0.1) is 36.5 Å². The highest BCUT2D eigenvalue weighted by atomic mass is 32.1. The van der Waals surface area contributed by atoms with E-state index in [1.165, 1.54) is 11.3 Å². The van der Waals surface area contributed by atoms with Crippen LogP contribution < -0.4 is 11.4 Å². The number of amides is 1. The summed E-state index contributed by atoms with van der Waals surface area (Å²) in [4.78, 5) is 39.9. The highest BCUT2D eigenvalue weighted by Crippen LogP contribution is 2.28. The van der Waals surface area contributed by atoms with Gasteiger partial charge in [0.15, 0.2) is 17.3 Å². The van der Waals surface area contributed by atoms with Crippen molar-refractivity contribution < 1.29 is 13.9 Å². The highest BCUT2D eigenvalue weighted by molar-refractivity contribution is 7.17. The first kappa shape index (κ1) is 23.4. The molecule has 4 aromatic rings. The molecule has 0 aromatic carbocycles. The number of ether oxygens (including phenoxy) is 1. The normalized spacial score (nSPS) is 14.5. The second-order valence-electron chi connectivity index (χ2n) is 8.56. The first-order valence-corrected chi connectivity index (χ1v) is 12.2. The van der Waals surface area contributed by atoms with Crippen molar-refractivity contribution >= 4 is 27.5 Å². The van der Waals surface area contributed by atoms with E-state index in [9.17, 15) is 9.59 Å². The molecule has 4 aromatic heterocycles. The molecule has 1 saturated heterocycles. The van der Waals surface area contributed by atoms with Crippen molar-refractivity contribution in [3.8, 4) is 11.6 Å². The Morgan fingerprint density at radius 2 is 2.03 bits per heavy atom. The van der Waals surface area contributed by atoms with Crippen LogP contribution in [0.3, 0.4) is 0 Å². The van der Waals surface area contributed by atoms with E-state index in [1.807, 2.05) is 36.6 Å². The van der Waals surface area contributed by atoms with Crippen LogP contribution in [0.2, 0.25) is 0 Å². The standard InChI is InChI=1S/C24H26N6O4S/c1-14-11-15(2)26-23(31)17(14)13-30(25)24(32)20-21-18(5-10-35-21)27-22(28-20)19-4-3-16(34-19)12-29-6-8-33-9-7-29/h3-5,10-11H,6-9,12-13,25H2,1-2H3,(H,26,31). The molecule has 182 valence electrons. The monoisotopic (exact) mass is 494 g/mol. The van der Waals surface area contributed by atoms with Crippen molar-refractivity contribution in [3.63, 3.8) is 0 Å². The van der Waals surface area contributed by atoms with Crippen LogP contribution in [0.25, 0.3) is 21.8 Å². The molecule has 1 aliphatic heterocycles. The van der Waals surface area contributed by atoms with E-state index in [2.05, 4.69) is 19.9 Å². The lowest BCUT2D eigenvalue weighted by Crippen LogP contribution is -2.39. The topological polar surface area (TPSA) is 131 Å². The lowest BCUT2D eigenvalue weighted by atomic mass is 10.1. The molecule has 10 nitrogen and oxygen atoms in total. The molecule has 5 rings (SSSR count). The lowest BCUT2D eigenvalue weighted by molar-refractivity contribution is 0.0314. The minimum absolute atomic E-state index is 0.0447. The van der Waals surface area contributed by atoms with Gasteiger partial charge in [-0.15, -0.1) is 11.3 Å². The number of nitrogens with two attached hydrogens (primary N) is 1. The van der Waals surface area contributed by atoms with Crippen LogP contribution in [0.15, 0.2) is 38.9 Å². The number of aryl methyl sites for hydroxylation is 2. The van der Waals surface area contributed by atoms with Crippen LogP contribution in [0.5, 0.6) is 0 Å². The zero-order valence-electron chi connectivity index (χ0n) is 19.5. The first-order chi connectivity index (χ1) is 16.9. The van der Waals surface area contributed by atoms with E-state index in [-0.39, 0.29) is 17.8 Å². The average molecular weight is 495 g/mol. The summed E-state index contributed by atoms with van der Waals surface area (Å²) in [6.45, 7) is 7.36. The molecule has 0 aliphatic carbocycles. The largest absolute Gasteiger partial charge is 0.456 e. The number of morpholine rings is 1. The molecule has 0 bridgehead atoms. The quantitative estimate of drug-likeness (QED) is 0.238. The average Bonchev–Trinajstić information content (AvgIpc) is 3.50. The number of aromatic nitrogens is 3. The number of aromatic amines is 1. The lowest BCUT2D eigenvalue weighted by Gasteiger charge is -2.25. The molecule has 3 N–H and O–H groups in total. The van der Waals surface area contributed by atoms with Gasteiger partial charge in [-0.05, 0) is 49.1 Å². The van der Waals surface area contributed by atoms with Crippen molar-refractivity contribution in [2.45, 2.75) is 26.9 Å². The van der Waals surface area contributed by atoms with Crippen molar-refractivity contribution in [2.75, 3.05) is 26.3 Å². The molecule has 1 aliphatic rings. The summed E-state index contributed by atoms with van der Waals surface area (Å²) >= 11 is 1.36. The summed E-state index contributed by atoms with van der Waals surface area (Å²) in [5.74, 6) is 7.23. The fraction of sp³-hybridized carbons (Fsp3) is 0.333. The molecule has 5 heterocycles. The zero-order chi connectivity index (χ0) is 24.5.